The second kappa shape index (κ2) is 6.29. The zero-order valence-corrected chi connectivity index (χ0v) is 14.6. The van der Waals surface area contributed by atoms with Crippen LogP contribution in [-0.2, 0) is 16.2 Å². The van der Waals surface area contributed by atoms with Crippen molar-refractivity contribution < 1.29 is 19.2 Å². The molecule has 0 unspecified atom stereocenters. The van der Waals surface area contributed by atoms with E-state index in [2.05, 4.69) is 22.7 Å². The molecule has 26 heavy (non-hydrogen) atoms. The maximum absolute atomic E-state index is 12.8. The van der Waals surface area contributed by atoms with Crippen molar-refractivity contribution in [2.24, 2.45) is 5.16 Å². The van der Waals surface area contributed by atoms with Crippen molar-refractivity contribution in [3.8, 4) is 5.75 Å². The smallest absolute Gasteiger partial charge is 0.334 e. The van der Waals surface area contributed by atoms with E-state index in [0.717, 1.165) is 28.4 Å². The van der Waals surface area contributed by atoms with Gasteiger partial charge in [0.25, 0.3) is 0 Å². The molecular weight excluding hydrogens is 332 g/mol. The number of nitrogens with zero attached hydrogens (tertiary/aromatic N) is 2. The normalized spacial score (nSPS) is 15.3. The van der Waals surface area contributed by atoms with Crippen molar-refractivity contribution in [1.82, 2.24) is 4.57 Å². The van der Waals surface area contributed by atoms with Gasteiger partial charge in [0.15, 0.2) is 5.71 Å². The Morgan fingerprint density at radius 3 is 2.77 bits per heavy atom. The molecule has 0 aliphatic carbocycles. The molecule has 1 aliphatic heterocycles. The standard InChI is InChI=1S/C20H18N2O4/c1-3-17(23)26-21-14-11-25-20-13(19(14)24)9-10-16-18(20)12-7-5-6-8-15(12)22(16)4-2/h5-10H,3-4,11H2,1-2H3/b21-14+. The van der Waals surface area contributed by atoms with Crippen LogP contribution in [0.3, 0.4) is 0 Å². The summed E-state index contributed by atoms with van der Waals surface area (Å²) >= 11 is 0. The number of carbonyl (C=O) groups is 2. The highest BCUT2D eigenvalue weighted by atomic mass is 16.7. The van der Waals surface area contributed by atoms with Gasteiger partial charge in [-0.3, -0.25) is 4.79 Å². The fourth-order valence-corrected chi connectivity index (χ4v) is 3.38. The quantitative estimate of drug-likeness (QED) is 0.533. The Morgan fingerprint density at radius 1 is 1.19 bits per heavy atom. The van der Waals surface area contributed by atoms with E-state index >= 15 is 0 Å². The number of fused-ring (bicyclic) bond motifs is 5. The van der Waals surface area contributed by atoms with Gasteiger partial charge in [-0.2, -0.15) is 0 Å². The van der Waals surface area contributed by atoms with Gasteiger partial charge >= 0.3 is 5.97 Å². The topological polar surface area (TPSA) is 69.9 Å². The summed E-state index contributed by atoms with van der Waals surface area (Å²) in [4.78, 5) is 28.8. The third kappa shape index (κ3) is 2.37. The fraction of sp³-hybridized carbons (Fsp3) is 0.250. The Balaban J connectivity index is 1.88. The Hall–Kier alpha value is -3.15. The molecule has 0 saturated heterocycles. The minimum Gasteiger partial charge on any atom is -0.485 e. The monoisotopic (exact) mass is 350 g/mol. The molecule has 6 nitrogen and oxygen atoms in total. The average Bonchev–Trinajstić information content (AvgIpc) is 3.01. The molecular formula is C20H18N2O4. The second-order valence-corrected chi connectivity index (χ2v) is 6.07. The number of aromatic nitrogens is 1. The molecule has 0 fully saturated rings. The molecule has 3 aromatic rings. The molecule has 0 saturated carbocycles. The molecule has 2 heterocycles. The largest absolute Gasteiger partial charge is 0.485 e. The van der Waals surface area contributed by atoms with Gasteiger partial charge < -0.3 is 14.1 Å². The maximum atomic E-state index is 12.8. The van der Waals surface area contributed by atoms with E-state index in [-0.39, 0.29) is 24.5 Å². The van der Waals surface area contributed by atoms with Crippen molar-refractivity contribution in [2.75, 3.05) is 6.61 Å². The van der Waals surface area contributed by atoms with Gasteiger partial charge in [0.1, 0.15) is 12.4 Å². The molecule has 132 valence electrons. The molecule has 1 aliphatic rings. The van der Waals surface area contributed by atoms with Crippen LogP contribution in [0.2, 0.25) is 0 Å². The summed E-state index contributed by atoms with van der Waals surface area (Å²) in [7, 11) is 0. The molecule has 6 heteroatoms. The van der Waals surface area contributed by atoms with Gasteiger partial charge in [-0.1, -0.05) is 30.3 Å². The zero-order chi connectivity index (χ0) is 18.3. The second-order valence-electron chi connectivity index (χ2n) is 6.07. The van der Waals surface area contributed by atoms with E-state index in [0.29, 0.717) is 11.3 Å². The predicted molar refractivity (Wildman–Crippen MR) is 98.8 cm³/mol. The summed E-state index contributed by atoms with van der Waals surface area (Å²) < 4.78 is 8.10. The summed E-state index contributed by atoms with van der Waals surface area (Å²) in [6.07, 6.45) is 0.194. The third-order valence-corrected chi connectivity index (χ3v) is 4.61. The fourth-order valence-electron chi connectivity index (χ4n) is 3.38. The number of benzene rings is 2. The Kier molecular flexibility index (Phi) is 3.95. The first-order valence-electron chi connectivity index (χ1n) is 8.63. The van der Waals surface area contributed by atoms with Gasteiger partial charge in [0, 0.05) is 23.9 Å². The summed E-state index contributed by atoms with van der Waals surface area (Å²) in [6, 6.07) is 11.8. The molecule has 1 aromatic heterocycles. The number of carbonyl (C=O) groups excluding carboxylic acids is 2. The first kappa shape index (κ1) is 16.3. The summed E-state index contributed by atoms with van der Waals surface area (Å²) in [6.45, 7) is 4.55. The SMILES string of the molecule is CCC(=O)O/N=C1\COc2c(ccc3c2c2ccccc2n3CC)C1=O. The lowest BCUT2D eigenvalue weighted by molar-refractivity contribution is -0.143. The molecule has 0 amide bonds. The van der Waals surface area contributed by atoms with Gasteiger partial charge in [0.2, 0.25) is 5.78 Å². The van der Waals surface area contributed by atoms with Crippen LogP contribution in [0.4, 0.5) is 0 Å². The van der Waals surface area contributed by atoms with Crippen molar-refractivity contribution in [3.63, 3.8) is 0 Å². The molecule has 0 bridgehead atoms. The van der Waals surface area contributed by atoms with Crippen LogP contribution >= 0.6 is 0 Å². The molecule has 0 N–H and O–H groups in total. The predicted octanol–water partition coefficient (Wildman–Crippen LogP) is 3.70. The number of para-hydroxylation sites is 1. The molecule has 2 aromatic carbocycles. The number of ether oxygens (including phenoxy) is 1. The van der Waals surface area contributed by atoms with E-state index < -0.39 is 5.97 Å². The van der Waals surface area contributed by atoms with E-state index in [4.69, 9.17) is 9.57 Å². The van der Waals surface area contributed by atoms with Crippen LogP contribution < -0.4 is 4.74 Å². The lowest BCUT2D eigenvalue weighted by Gasteiger charge is -2.18. The number of aryl methyl sites for hydroxylation is 1. The third-order valence-electron chi connectivity index (χ3n) is 4.61. The number of rotatable bonds is 3. The lowest BCUT2D eigenvalue weighted by Crippen LogP contribution is -2.28. The van der Waals surface area contributed by atoms with Crippen LogP contribution in [0.25, 0.3) is 21.8 Å². The summed E-state index contributed by atoms with van der Waals surface area (Å²) in [5.41, 5.74) is 2.66. The van der Waals surface area contributed by atoms with Crippen LogP contribution in [0.15, 0.2) is 41.6 Å². The van der Waals surface area contributed by atoms with Crippen molar-refractivity contribution >= 4 is 39.3 Å². The van der Waals surface area contributed by atoms with Crippen LogP contribution in [0, 0.1) is 0 Å². The molecule has 0 radical (unpaired) electrons. The Labute approximate surface area is 150 Å². The first-order valence-corrected chi connectivity index (χ1v) is 8.63. The zero-order valence-electron chi connectivity index (χ0n) is 14.6. The number of hydrogen-bond acceptors (Lipinski definition) is 5. The molecule has 0 atom stereocenters. The summed E-state index contributed by atoms with van der Waals surface area (Å²) in [5, 5.41) is 5.66. The van der Waals surface area contributed by atoms with Crippen molar-refractivity contribution in [3.05, 3.63) is 42.0 Å². The number of ketones is 1. The van der Waals surface area contributed by atoms with E-state index in [9.17, 15) is 9.59 Å². The van der Waals surface area contributed by atoms with Gasteiger partial charge in [0.05, 0.1) is 16.5 Å². The number of Topliss-reactive ketones (excluding diaryl/α,β-unsaturated/α-hetero) is 1. The number of hydrogen-bond donors (Lipinski definition) is 0. The molecule has 0 spiro atoms. The van der Waals surface area contributed by atoms with Crippen LogP contribution in [0.1, 0.15) is 30.6 Å². The summed E-state index contributed by atoms with van der Waals surface area (Å²) in [5.74, 6) is -0.195. The minimum absolute atomic E-state index is 0.0203. The van der Waals surface area contributed by atoms with Crippen molar-refractivity contribution in [1.29, 1.82) is 0 Å². The van der Waals surface area contributed by atoms with E-state index in [1.165, 1.54) is 0 Å². The highest BCUT2D eigenvalue weighted by molar-refractivity contribution is 6.48. The highest BCUT2D eigenvalue weighted by Crippen LogP contribution is 2.39. The van der Waals surface area contributed by atoms with Gasteiger partial charge in [-0.25, -0.2) is 4.79 Å². The van der Waals surface area contributed by atoms with E-state index in [1.54, 1.807) is 13.0 Å². The first-order chi connectivity index (χ1) is 12.7. The average molecular weight is 350 g/mol. The Morgan fingerprint density at radius 2 is 2.00 bits per heavy atom. The lowest BCUT2D eigenvalue weighted by atomic mass is 10.00. The maximum Gasteiger partial charge on any atom is 0.334 e. The van der Waals surface area contributed by atoms with Crippen LogP contribution in [0.5, 0.6) is 5.75 Å². The van der Waals surface area contributed by atoms with E-state index in [1.807, 2.05) is 24.3 Å². The van der Waals surface area contributed by atoms with Crippen molar-refractivity contribution in [2.45, 2.75) is 26.8 Å². The number of oxime groups is 1. The van der Waals surface area contributed by atoms with Gasteiger partial charge in [-0.15, -0.1) is 0 Å². The molecule has 4 rings (SSSR count). The van der Waals surface area contributed by atoms with Gasteiger partial charge in [-0.05, 0) is 25.1 Å². The highest BCUT2D eigenvalue weighted by Gasteiger charge is 2.29. The van der Waals surface area contributed by atoms with Crippen LogP contribution in [-0.4, -0.2) is 28.6 Å². The minimum atomic E-state index is -0.488. The Bertz CT molecular complexity index is 1080.